The minimum Gasteiger partial charge on any atom is -0.507 e. The van der Waals surface area contributed by atoms with Gasteiger partial charge in [0.05, 0.1) is 30.9 Å². The van der Waals surface area contributed by atoms with Crippen LogP contribution >= 0.6 is 0 Å². The zero-order valence-electron chi connectivity index (χ0n) is 23.8. The Bertz CT molecular complexity index is 1480. The lowest BCUT2D eigenvalue weighted by atomic mass is 9.85. The summed E-state index contributed by atoms with van der Waals surface area (Å²) in [4.78, 5) is 40.7. The van der Waals surface area contributed by atoms with Gasteiger partial charge in [-0.05, 0) is 71.8 Å². The van der Waals surface area contributed by atoms with Crippen LogP contribution in [0.3, 0.4) is 0 Å². The number of aliphatic hydroxyl groups excluding tert-OH is 1. The van der Waals surface area contributed by atoms with Crippen molar-refractivity contribution in [3.8, 4) is 5.75 Å². The van der Waals surface area contributed by atoms with Gasteiger partial charge in [0.25, 0.3) is 11.7 Å². The molecule has 0 spiro atoms. The first kappa shape index (κ1) is 28.6. The quantitative estimate of drug-likeness (QED) is 0.159. The summed E-state index contributed by atoms with van der Waals surface area (Å²) in [5.41, 5.74) is 3.38. The van der Waals surface area contributed by atoms with Crippen LogP contribution in [0.25, 0.3) is 5.76 Å². The van der Waals surface area contributed by atoms with Crippen molar-refractivity contribution in [2.75, 3.05) is 18.6 Å². The maximum absolute atomic E-state index is 13.6. The van der Waals surface area contributed by atoms with Crippen LogP contribution in [0.15, 0.2) is 72.3 Å². The number of ether oxygens (including phenoxy) is 2. The van der Waals surface area contributed by atoms with Gasteiger partial charge in [-0.3, -0.25) is 14.5 Å². The van der Waals surface area contributed by atoms with Gasteiger partial charge in [0.2, 0.25) is 0 Å². The Kier molecular flexibility index (Phi) is 8.14. The first-order valence-corrected chi connectivity index (χ1v) is 13.3. The molecule has 7 nitrogen and oxygen atoms in total. The molecular formula is C33H35NO6. The second kappa shape index (κ2) is 11.4. The smallest absolute Gasteiger partial charge is 0.337 e. The fourth-order valence-corrected chi connectivity index (χ4v) is 4.81. The molecule has 1 atom stereocenters. The molecule has 0 aromatic heterocycles. The van der Waals surface area contributed by atoms with E-state index < -0.39 is 23.7 Å². The van der Waals surface area contributed by atoms with Crippen molar-refractivity contribution in [1.29, 1.82) is 0 Å². The van der Waals surface area contributed by atoms with Crippen molar-refractivity contribution in [2.24, 2.45) is 0 Å². The van der Waals surface area contributed by atoms with Crippen LogP contribution in [0.5, 0.6) is 5.75 Å². The summed E-state index contributed by atoms with van der Waals surface area (Å²) in [5, 5.41) is 11.5. The van der Waals surface area contributed by atoms with Gasteiger partial charge in [-0.15, -0.1) is 0 Å². The SMILES string of the molecule is CCCOc1ccc(/C(O)=C2\C(=O)C(=O)N(c3cccc(C(=O)OC)c3)C2c2ccc(C(C)(C)C)cc2)cc1C. The third kappa shape index (κ3) is 5.50. The molecule has 3 aromatic rings. The molecule has 1 N–H and O–H groups in total. The summed E-state index contributed by atoms with van der Waals surface area (Å²) >= 11 is 0. The van der Waals surface area contributed by atoms with E-state index in [4.69, 9.17) is 9.47 Å². The molecule has 1 saturated heterocycles. The number of hydrogen-bond donors (Lipinski definition) is 1. The van der Waals surface area contributed by atoms with Crippen LogP contribution in [0, 0.1) is 6.92 Å². The van der Waals surface area contributed by atoms with E-state index in [0.717, 1.165) is 17.5 Å². The number of esters is 1. The Morgan fingerprint density at radius 1 is 0.975 bits per heavy atom. The van der Waals surface area contributed by atoms with Crippen LogP contribution in [0.2, 0.25) is 0 Å². The fraction of sp³-hybridized carbons (Fsp3) is 0.303. The number of anilines is 1. The van der Waals surface area contributed by atoms with Crippen molar-refractivity contribution < 1.29 is 29.0 Å². The highest BCUT2D eigenvalue weighted by Crippen LogP contribution is 2.43. The molecule has 0 aliphatic carbocycles. The molecule has 1 aliphatic rings. The van der Waals surface area contributed by atoms with E-state index in [1.54, 1.807) is 36.4 Å². The van der Waals surface area contributed by atoms with E-state index in [2.05, 4.69) is 20.8 Å². The van der Waals surface area contributed by atoms with Crippen molar-refractivity contribution >= 4 is 29.1 Å². The van der Waals surface area contributed by atoms with Gasteiger partial charge in [0, 0.05) is 11.3 Å². The maximum Gasteiger partial charge on any atom is 0.337 e. The number of nitrogens with zero attached hydrogens (tertiary/aromatic N) is 1. The summed E-state index contributed by atoms with van der Waals surface area (Å²) in [5.74, 6) is -1.76. The molecule has 1 aliphatic heterocycles. The molecule has 0 bridgehead atoms. The van der Waals surface area contributed by atoms with Gasteiger partial charge in [-0.1, -0.05) is 58.0 Å². The van der Waals surface area contributed by atoms with Gasteiger partial charge in [0.1, 0.15) is 11.5 Å². The largest absolute Gasteiger partial charge is 0.507 e. The fourth-order valence-electron chi connectivity index (χ4n) is 4.81. The Morgan fingerprint density at radius 2 is 1.68 bits per heavy atom. The second-order valence-corrected chi connectivity index (χ2v) is 10.9. The van der Waals surface area contributed by atoms with Crippen molar-refractivity contribution in [1.82, 2.24) is 0 Å². The van der Waals surface area contributed by atoms with E-state index in [-0.39, 0.29) is 22.3 Å². The number of methoxy groups -OCH3 is 1. The molecule has 1 fully saturated rings. The number of aliphatic hydroxyl groups is 1. The molecule has 208 valence electrons. The lowest BCUT2D eigenvalue weighted by Gasteiger charge is -2.27. The van der Waals surface area contributed by atoms with E-state index >= 15 is 0 Å². The predicted molar refractivity (Wildman–Crippen MR) is 155 cm³/mol. The van der Waals surface area contributed by atoms with E-state index in [0.29, 0.717) is 29.2 Å². The number of ketones is 1. The normalized spacial score (nSPS) is 16.8. The zero-order valence-corrected chi connectivity index (χ0v) is 23.8. The molecule has 1 heterocycles. The number of Topliss-reactive ketones (excluding diaryl/α,β-unsaturated/α-hetero) is 1. The average molecular weight is 542 g/mol. The van der Waals surface area contributed by atoms with Gasteiger partial charge >= 0.3 is 5.97 Å². The predicted octanol–water partition coefficient (Wildman–Crippen LogP) is 6.49. The maximum atomic E-state index is 13.6. The number of rotatable bonds is 7. The van der Waals surface area contributed by atoms with Crippen molar-refractivity contribution in [3.63, 3.8) is 0 Å². The van der Waals surface area contributed by atoms with Crippen LogP contribution < -0.4 is 9.64 Å². The third-order valence-corrected chi connectivity index (χ3v) is 6.99. The lowest BCUT2D eigenvalue weighted by Crippen LogP contribution is -2.29. The Labute approximate surface area is 235 Å². The number of hydrogen-bond acceptors (Lipinski definition) is 6. The Balaban J connectivity index is 1.90. The minimum atomic E-state index is -0.918. The standard InChI is InChI=1S/C33H35NO6/c1-7-17-40-26-16-13-22(18-20(26)2)29(35)27-28(21-11-14-24(15-12-21)33(3,4)5)34(31(37)30(27)36)25-10-8-9-23(19-25)32(38)39-6/h8-16,18-19,28,35H,7,17H2,1-6H3/b29-27+. The summed E-state index contributed by atoms with van der Waals surface area (Å²) in [7, 11) is 1.28. The average Bonchev–Trinajstić information content (AvgIpc) is 3.21. The third-order valence-electron chi connectivity index (χ3n) is 6.99. The molecular weight excluding hydrogens is 506 g/mol. The monoisotopic (exact) mass is 541 g/mol. The zero-order chi connectivity index (χ0) is 29.2. The molecule has 7 heteroatoms. The molecule has 1 amide bonds. The van der Waals surface area contributed by atoms with Gasteiger partial charge in [-0.2, -0.15) is 0 Å². The van der Waals surface area contributed by atoms with E-state index in [1.165, 1.54) is 18.1 Å². The molecule has 0 saturated carbocycles. The van der Waals surface area contributed by atoms with Gasteiger partial charge in [0.15, 0.2) is 0 Å². The molecule has 0 radical (unpaired) electrons. The van der Waals surface area contributed by atoms with E-state index in [1.807, 2.05) is 38.1 Å². The van der Waals surface area contributed by atoms with Crippen LogP contribution in [0.1, 0.15) is 72.8 Å². The minimum absolute atomic E-state index is 0.0291. The van der Waals surface area contributed by atoms with Crippen LogP contribution in [0.4, 0.5) is 5.69 Å². The van der Waals surface area contributed by atoms with Gasteiger partial charge < -0.3 is 14.6 Å². The second-order valence-electron chi connectivity index (χ2n) is 10.9. The molecule has 40 heavy (non-hydrogen) atoms. The van der Waals surface area contributed by atoms with Crippen LogP contribution in [-0.2, 0) is 19.7 Å². The van der Waals surface area contributed by atoms with E-state index in [9.17, 15) is 19.5 Å². The summed E-state index contributed by atoms with van der Waals surface area (Å²) in [6, 6.07) is 18.3. The Morgan fingerprint density at radius 3 is 2.27 bits per heavy atom. The van der Waals surface area contributed by atoms with Crippen molar-refractivity contribution in [2.45, 2.75) is 52.5 Å². The number of aryl methyl sites for hydroxylation is 1. The van der Waals surface area contributed by atoms with Gasteiger partial charge in [-0.25, -0.2) is 4.79 Å². The van der Waals surface area contributed by atoms with Crippen molar-refractivity contribution in [3.05, 3.63) is 100 Å². The lowest BCUT2D eigenvalue weighted by molar-refractivity contribution is -0.132. The first-order chi connectivity index (χ1) is 19.0. The summed E-state index contributed by atoms with van der Waals surface area (Å²) in [6.45, 7) is 10.7. The summed E-state index contributed by atoms with van der Waals surface area (Å²) < 4.78 is 10.6. The number of carbonyl (C=O) groups excluding carboxylic acids is 3. The molecule has 4 rings (SSSR count). The highest BCUT2D eigenvalue weighted by Gasteiger charge is 2.47. The molecule has 3 aromatic carbocycles. The number of benzene rings is 3. The first-order valence-electron chi connectivity index (χ1n) is 13.3. The summed E-state index contributed by atoms with van der Waals surface area (Å²) in [6.07, 6.45) is 0.857. The topological polar surface area (TPSA) is 93.1 Å². The number of amides is 1. The Hall–Kier alpha value is -4.39. The highest BCUT2D eigenvalue weighted by molar-refractivity contribution is 6.51. The molecule has 1 unspecified atom stereocenters. The highest BCUT2D eigenvalue weighted by atomic mass is 16.5. The number of carbonyl (C=O) groups is 3. The van der Waals surface area contributed by atoms with Crippen LogP contribution in [-0.4, -0.2) is 36.5 Å².